The molecule has 0 unspecified atom stereocenters. The first-order valence-corrected chi connectivity index (χ1v) is 11.3. The molecule has 1 saturated heterocycles. The largest absolute Gasteiger partial charge is 0.349 e. The van der Waals surface area contributed by atoms with Crippen LogP contribution in [0.25, 0.3) is 10.9 Å². The van der Waals surface area contributed by atoms with Crippen molar-refractivity contribution in [2.45, 2.75) is 71.8 Å². The van der Waals surface area contributed by atoms with E-state index in [1.807, 2.05) is 24.3 Å². The van der Waals surface area contributed by atoms with Crippen LogP contribution in [0.15, 0.2) is 24.3 Å². The van der Waals surface area contributed by atoms with E-state index in [0.717, 1.165) is 23.9 Å². The molecule has 2 aromatic rings. The number of para-hydroxylation sites is 1. The van der Waals surface area contributed by atoms with Crippen molar-refractivity contribution in [3.8, 4) is 0 Å². The molecule has 2 aliphatic rings. The normalized spacial score (nSPS) is 21.3. The number of H-pyrrole nitrogens is 1. The molecule has 3 nitrogen and oxygen atoms in total. The summed E-state index contributed by atoms with van der Waals surface area (Å²) in [5, 5.41) is 1.67. The van der Waals surface area contributed by atoms with Crippen molar-refractivity contribution in [2.24, 2.45) is 17.3 Å². The monoisotopic (exact) mass is 400 g/mol. The standard InChI is InChI=1S/C24H33ClN2O/c1-16(2)24(17(3)4)14-23(11-6-5-7-12-23)15-27(24)22(28)20-13-18-9-8-10-19(25)21(18)26-20/h8-10,13,16-17,26H,5-7,11-12,14-15H2,1-4H3. The van der Waals surface area contributed by atoms with Gasteiger partial charge in [-0.15, -0.1) is 0 Å². The molecular weight excluding hydrogens is 368 g/mol. The van der Waals surface area contributed by atoms with Crippen LogP contribution in [0.4, 0.5) is 0 Å². The number of benzene rings is 1. The van der Waals surface area contributed by atoms with E-state index in [2.05, 4.69) is 37.6 Å². The van der Waals surface area contributed by atoms with E-state index in [-0.39, 0.29) is 11.4 Å². The summed E-state index contributed by atoms with van der Waals surface area (Å²) in [6, 6.07) is 7.79. The number of nitrogens with one attached hydrogen (secondary N) is 1. The number of aromatic nitrogens is 1. The SMILES string of the molecule is CC(C)C1(C(C)C)CC2(CCCCC2)CN1C(=O)c1cc2cccc(Cl)c2[nH]1. The summed E-state index contributed by atoms with van der Waals surface area (Å²) >= 11 is 6.35. The maximum absolute atomic E-state index is 13.8. The van der Waals surface area contributed by atoms with Gasteiger partial charge in [-0.05, 0) is 48.6 Å². The molecule has 1 spiro atoms. The Morgan fingerprint density at radius 2 is 1.79 bits per heavy atom. The van der Waals surface area contributed by atoms with Gasteiger partial charge in [-0.1, -0.05) is 70.7 Å². The lowest BCUT2D eigenvalue weighted by Crippen LogP contribution is -2.54. The minimum Gasteiger partial charge on any atom is -0.349 e. The lowest BCUT2D eigenvalue weighted by molar-refractivity contribution is 0.0291. The Morgan fingerprint density at radius 3 is 2.39 bits per heavy atom. The fraction of sp³-hybridized carbons (Fsp3) is 0.625. The predicted octanol–water partition coefficient (Wildman–Crippen LogP) is 6.67. The fourth-order valence-corrected chi connectivity index (χ4v) is 6.44. The Kier molecular flexibility index (Phi) is 5.02. The van der Waals surface area contributed by atoms with Gasteiger partial charge in [-0.3, -0.25) is 4.79 Å². The molecule has 1 amide bonds. The molecule has 28 heavy (non-hydrogen) atoms. The zero-order chi connectivity index (χ0) is 20.1. The number of halogens is 1. The highest BCUT2D eigenvalue weighted by molar-refractivity contribution is 6.35. The average molecular weight is 401 g/mol. The first-order chi connectivity index (χ1) is 13.3. The molecule has 0 atom stereocenters. The van der Waals surface area contributed by atoms with Gasteiger partial charge in [0.1, 0.15) is 5.69 Å². The number of carbonyl (C=O) groups excluding carboxylic acids is 1. The second kappa shape index (κ2) is 7.09. The van der Waals surface area contributed by atoms with E-state index in [9.17, 15) is 4.79 Å². The quantitative estimate of drug-likeness (QED) is 0.613. The topological polar surface area (TPSA) is 36.1 Å². The molecular formula is C24H33ClN2O. The van der Waals surface area contributed by atoms with E-state index in [1.54, 1.807) is 0 Å². The number of amides is 1. The summed E-state index contributed by atoms with van der Waals surface area (Å²) in [5.74, 6) is 0.980. The molecule has 1 aromatic heterocycles. The summed E-state index contributed by atoms with van der Waals surface area (Å²) in [7, 11) is 0. The van der Waals surface area contributed by atoms with Crippen molar-refractivity contribution in [3.05, 3.63) is 35.0 Å². The highest BCUT2D eigenvalue weighted by Crippen LogP contribution is 2.55. The van der Waals surface area contributed by atoms with Crippen molar-refractivity contribution in [3.63, 3.8) is 0 Å². The number of aromatic amines is 1. The number of nitrogens with zero attached hydrogens (tertiary/aromatic N) is 1. The van der Waals surface area contributed by atoms with Crippen LogP contribution in [-0.2, 0) is 0 Å². The van der Waals surface area contributed by atoms with Crippen LogP contribution in [0.1, 0.15) is 76.7 Å². The van der Waals surface area contributed by atoms with Crippen LogP contribution in [0, 0.1) is 17.3 Å². The second-order valence-electron chi connectivity index (χ2n) is 9.82. The Bertz CT molecular complexity index is 868. The Balaban J connectivity index is 1.77. The third-order valence-electron chi connectivity index (χ3n) is 7.65. The van der Waals surface area contributed by atoms with Gasteiger partial charge in [0.25, 0.3) is 5.91 Å². The first-order valence-electron chi connectivity index (χ1n) is 10.9. The number of rotatable bonds is 3. The van der Waals surface area contributed by atoms with Crippen molar-refractivity contribution >= 4 is 28.4 Å². The summed E-state index contributed by atoms with van der Waals surface area (Å²) in [5.41, 5.74) is 1.74. The number of hydrogen-bond donors (Lipinski definition) is 1. The third-order valence-corrected chi connectivity index (χ3v) is 7.96. The van der Waals surface area contributed by atoms with Crippen LogP contribution in [0.2, 0.25) is 5.02 Å². The maximum Gasteiger partial charge on any atom is 0.270 e. The lowest BCUT2D eigenvalue weighted by atomic mass is 9.65. The second-order valence-corrected chi connectivity index (χ2v) is 10.2. The maximum atomic E-state index is 13.8. The van der Waals surface area contributed by atoms with Gasteiger partial charge >= 0.3 is 0 Å². The highest BCUT2D eigenvalue weighted by Gasteiger charge is 2.57. The van der Waals surface area contributed by atoms with Gasteiger partial charge in [0.15, 0.2) is 0 Å². The van der Waals surface area contributed by atoms with Gasteiger partial charge in [0, 0.05) is 17.5 Å². The zero-order valence-electron chi connectivity index (χ0n) is 17.6. The number of likely N-dealkylation sites (tertiary alicyclic amines) is 1. The first kappa shape index (κ1) is 19.8. The van der Waals surface area contributed by atoms with Crippen molar-refractivity contribution in [1.82, 2.24) is 9.88 Å². The predicted molar refractivity (Wildman–Crippen MR) is 117 cm³/mol. The van der Waals surface area contributed by atoms with Gasteiger partial charge in [-0.2, -0.15) is 0 Å². The Labute approximate surface area is 173 Å². The van der Waals surface area contributed by atoms with E-state index >= 15 is 0 Å². The summed E-state index contributed by atoms with van der Waals surface area (Å²) in [4.78, 5) is 19.4. The average Bonchev–Trinajstić information content (AvgIpc) is 3.23. The molecule has 4 heteroatoms. The number of fused-ring (bicyclic) bond motifs is 1. The number of hydrogen-bond acceptors (Lipinski definition) is 1. The fourth-order valence-electron chi connectivity index (χ4n) is 6.21. The summed E-state index contributed by atoms with van der Waals surface area (Å²) < 4.78 is 0. The van der Waals surface area contributed by atoms with Crippen molar-refractivity contribution < 1.29 is 4.79 Å². The molecule has 1 aliphatic heterocycles. The molecule has 0 bridgehead atoms. The highest BCUT2D eigenvalue weighted by atomic mass is 35.5. The molecule has 1 aliphatic carbocycles. The molecule has 0 radical (unpaired) electrons. The van der Waals surface area contributed by atoms with E-state index in [1.165, 1.54) is 32.1 Å². The number of carbonyl (C=O) groups is 1. The van der Waals surface area contributed by atoms with Crippen LogP contribution in [0.3, 0.4) is 0 Å². The van der Waals surface area contributed by atoms with Crippen molar-refractivity contribution in [2.75, 3.05) is 6.54 Å². The zero-order valence-corrected chi connectivity index (χ0v) is 18.4. The summed E-state index contributed by atoms with van der Waals surface area (Å²) in [6.45, 7) is 10.1. The molecule has 1 saturated carbocycles. The minimum atomic E-state index is -0.0878. The third kappa shape index (κ3) is 2.98. The molecule has 2 heterocycles. The van der Waals surface area contributed by atoms with Gasteiger partial charge in [0.2, 0.25) is 0 Å². The van der Waals surface area contributed by atoms with Crippen molar-refractivity contribution in [1.29, 1.82) is 0 Å². The Morgan fingerprint density at radius 1 is 1.11 bits per heavy atom. The summed E-state index contributed by atoms with van der Waals surface area (Å²) in [6.07, 6.45) is 7.61. The lowest BCUT2D eigenvalue weighted by Gasteiger charge is -2.45. The van der Waals surface area contributed by atoms with E-state index in [4.69, 9.17) is 11.6 Å². The molecule has 152 valence electrons. The van der Waals surface area contributed by atoms with Gasteiger partial charge < -0.3 is 9.88 Å². The van der Waals surface area contributed by atoms with Crippen LogP contribution >= 0.6 is 11.6 Å². The van der Waals surface area contributed by atoms with E-state index < -0.39 is 0 Å². The Hall–Kier alpha value is -1.48. The van der Waals surface area contributed by atoms with Crippen LogP contribution in [-0.4, -0.2) is 27.9 Å². The van der Waals surface area contributed by atoms with Crippen LogP contribution in [0.5, 0.6) is 0 Å². The smallest absolute Gasteiger partial charge is 0.270 e. The molecule has 1 N–H and O–H groups in total. The van der Waals surface area contributed by atoms with Crippen LogP contribution < -0.4 is 0 Å². The minimum absolute atomic E-state index is 0.0878. The molecule has 2 fully saturated rings. The van der Waals surface area contributed by atoms with Gasteiger partial charge in [-0.25, -0.2) is 0 Å². The molecule has 1 aromatic carbocycles. The van der Waals surface area contributed by atoms with E-state index in [0.29, 0.717) is 28.0 Å². The van der Waals surface area contributed by atoms with Gasteiger partial charge in [0.05, 0.1) is 10.5 Å². The molecule has 4 rings (SSSR count).